The Morgan fingerprint density at radius 3 is 2.38 bits per heavy atom. The summed E-state index contributed by atoms with van der Waals surface area (Å²) in [7, 11) is 0. The highest BCUT2D eigenvalue weighted by atomic mass is 16.6. The molecule has 6 N–H and O–H groups in total. The van der Waals surface area contributed by atoms with Crippen molar-refractivity contribution in [1.82, 2.24) is 16.0 Å². The lowest BCUT2D eigenvalue weighted by Crippen LogP contribution is -2.50. The third-order valence-corrected chi connectivity index (χ3v) is 4.02. The molecule has 0 unspecified atom stereocenters. The number of hydrogen-bond acceptors (Lipinski definition) is 4. The van der Waals surface area contributed by atoms with Crippen molar-refractivity contribution in [2.75, 3.05) is 6.54 Å². The molecular formula is C21H35N5O3. The van der Waals surface area contributed by atoms with Crippen molar-refractivity contribution in [1.29, 1.82) is 5.41 Å². The van der Waals surface area contributed by atoms with Gasteiger partial charge in [-0.2, -0.15) is 0 Å². The van der Waals surface area contributed by atoms with E-state index in [9.17, 15) is 9.59 Å². The maximum Gasteiger partial charge on any atom is 0.408 e. The topological polar surface area (TPSA) is 129 Å². The largest absolute Gasteiger partial charge is 0.444 e. The first-order valence-corrected chi connectivity index (χ1v) is 9.98. The second-order valence-corrected chi connectivity index (χ2v) is 8.13. The van der Waals surface area contributed by atoms with Crippen molar-refractivity contribution in [3.63, 3.8) is 0 Å². The molecule has 0 aliphatic rings. The van der Waals surface area contributed by atoms with E-state index in [2.05, 4.69) is 16.0 Å². The van der Waals surface area contributed by atoms with E-state index in [1.54, 1.807) is 20.8 Å². The number of alkyl carbamates (subject to hydrolysis) is 1. The summed E-state index contributed by atoms with van der Waals surface area (Å²) in [4.78, 5) is 24.9. The molecule has 0 aliphatic heterocycles. The second-order valence-electron chi connectivity index (χ2n) is 8.13. The summed E-state index contributed by atoms with van der Waals surface area (Å²) in [6.45, 7) is 7.80. The standard InChI is InChI=1S/C21H35N5O3/c1-15(14-16-10-6-5-7-11-16)25-18(27)17(12-8-9-13-24-19(22)23)26-20(28)29-21(2,3)4/h5-7,10-11,15,17H,8-9,12-14H2,1-4H3,(H,25,27)(H,26,28)(H4,22,23,24)/t15-,17-/m0/s1. The molecule has 162 valence electrons. The third-order valence-electron chi connectivity index (χ3n) is 4.02. The van der Waals surface area contributed by atoms with Crippen molar-refractivity contribution in [3.05, 3.63) is 35.9 Å². The van der Waals surface area contributed by atoms with Gasteiger partial charge in [-0.15, -0.1) is 0 Å². The van der Waals surface area contributed by atoms with E-state index >= 15 is 0 Å². The normalized spacial score (nSPS) is 13.1. The van der Waals surface area contributed by atoms with Crippen LogP contribution in [0.2, 0.25) is 0 Å². The van der Waals surface area contributed by atoms with Crippen LogP contribution in [0.5, 0.6) is 0 Å². The zero-order chi connectivity index (χ0) is 21.9. The Kier molecular flexibility index (Phi) is 9.99. The highest BCUT2D eigenvalue weighted by Gasteiger charge is 2.25. The molecule has 0 saturated carbocycles. The second kappa shape index (κ2) is 11.9. The molecule has 0 saturated heterocycles. The van der Waals surface area contributed by atoms with Gasteiger partial charge in [0.1, 0.15) is 11.6 Å². The minimum absolute atomic E-state index is 0.0767. The molecular weight excluding hydrogens is 370 g/mol. The van der Waals surface area contributed by atoms with Gasteiger partial charge in [-0.3, -0.25) is 10.2 Å². The van der Waals surface area contributed by atoms with Gasteiger partial charge in [0.25, 0.3) is 0 Å². The lowest BCUT2D eigenvalue weighted by Gasteiger charge is -2.24. The van der Waals surface area contributed by atoms with Crippen LogP contribution >= 0.6 is 0 Å². The molecule has 29 heavy (non-hydrogen) atoms. The fourth-order valence-electron chi connectivity index (χ4n) is 2.78. The number of guanidine groups is 1. The molecule has 0 fully saturated rings. The van der Waals surface area contributed by atoms with Crippen LogP contribution in [0.3, 0.4) is 0 Å². The van der Waals surface area contributed by atoms with Gasteiger partial charge in [-0.25, -0.2) is 4.79 Å². The molecule has 1 aromatic rings. The molecule has 8 heteroatoms. The lowest BCUT2D eigenvalue weighted by atomic mass is 10.1. The van der Waals surface area contributed by atoms with Gasteiger partial charge >= 0.3 is 6.09 Å². The first kappa shape index (κ1) is 24.3. The smallest absolute Gasteiger partial charge is 0.408 e. The summed E-state index contributed by atoms with van der Waals surface area (Å²) in [5.74, 6) is -0.320. The minimum atomic E-state index is -0.694. The Morgan fingerprint density at radius 1 is 1.14 bits per heavy atom. The molecule has 2 amide bonds. The van der Waals surface area contributed by atoms with Crippen LogP contribution < -0.4 is 21.7 Å². The number of carbonyl (C=O) groups is 2. The third kappa shape index (κ3) is 11.6. The molecule has 0 spiro atoms. The van der Waals surface area contributed by atoms with Crippen LogP contribution in [0.15, 0.2) is 30.3 Å². The number of amides is 2. The zero-order valence-corrected chi connectivity index (χ0v) is 17.9. The van der Waals surface area contributed by atoms with Crippen molar-refractivity contribution in [2.24, 2.45) is 5.73 Å². The average Bonchev–Trinajstić information content (AvgIpc) is 2.59. The van der Waals surface area contributed by atoms with Gasteiger partial charge in [0.15, 0.2) is 5.96 Å². The van der Waals surface area contributed by atoms with Crippen LogP contribution in [-0.2, 0) is 16.0 Å². The monoisotopic (exact) mass is 405 g/mol. The zero-order valence-electron chi connectivity index (χ0n) is 17.9. The van der Waals surface area contributed by atoms with Gasteiger partial charge in [0.05, 0.1) is 0 Å². The van der Waals surface area contributed by atoms with E-state index < -0.39 is 17.7 Å². The van der Waals surface area contributed by atoms with Gasteiger partial charge < -0.3 is 26.4 Å². The van der Waals surface area contributed by atoms with Crippen LogP contribution in [0.25, 0.3) is 0 Å². The summed E-state index contributed by atoms with van der Waals surface area (Å²) >= 11 is 0. The predicted octanol–water partition coefficient (Wildman–Crippen LogP) is 2.28. The summed E-state index contributed by atoms with van der Waals surface area (Å²) in [6, 6.07) is 9.14. The first-order chi connectivity index (χ1) is 13.6. The van der Waals surface area contributed by atoms with Gasteiger partial charge in [-0.05, 0) is 58.9 Å². The van der Waals surface area contributed by atoms with Gasteiger partial charge in [0.2, 0.25) is 5.91 Å². The van der Waals surface area contributed by atoms with E-state index in [-0.39, 0.29) is 17.9 Å². The quantitative estimate of drug-likeness (QED) is 0.232. The summed E-state index contributed by atoms with van der Waals surface area (Å²) in [5.41, 5.74) is 5.75. The molecule has 0 radical (unpaired) electrons. The van der Waals surface area contributed by atoms with E-state index in [0.29, 0.717) is 25.8 Å². The van der Waals surface area contributed by atoms with Crippen molar-refractivity contribution in [3.8, 4) is 0 Å². The summed E-state index contributed by atoms with van der Waals surface area (Å²) < 4.78 is 5.29. The SMILES string of the molecule is C[C@@H](Cc1ccccc1)NC(=O)[C@H](CCCCNC(=N)N)NC(=O)OC(C)(C)C. The number of ether oxygens (including phenoxy) is 1. The number of nitrogens with two attached hydrogens (primary N) is 1. The van der Waals surface area contributed by atoms with Crippen molar-refractivity contribution in [2.45, 2.75) is 71.1 Å². The number of nitrogens with one attached hydrogen (secondary N) is 4. The Bertz CT molecular complexity index is 658. The number of unbranched alkanes of at least 4 members (excludes halogenated alkanes) is 1. The van der Waals surface area contributed by atoms with Crippen LogP contribution in [0.1, 0.15) is 52.5 Å². The molecule has 2 atom stereocenters. The van der Waals surface area contributed by atoms with E-state index in [4.69, 9.17) is 15.9 Å². The summed E-state index contributed by atoms with van der Waals surface area (Å²) in [6.07, 6.45) is 1.95. The Morgan fingerprint density at radius 2 is 1.79 bits per heavy atom. The number of rotatable bonds is 10. The van der Waals surface area contributed by atoms with Crippen LogP contribution in [-0.4, -0.2) is 42.2 Å². The van der Waals surface area contributed by atoms with Crippen molar-refractivity contribution < 1.29 is 14.3 Å². The molecule has 0 bridgehead atoms. The maximum absolute atomic E-state index is 12.8. The fourth-order valence-corrected chi connectivity index (χ4v) is 2.78. The predicted molar refractivity (Wildman–Crippen MR) is 115 cm³/mol. The van der Waals surface area contributed by atoms with Crippen LogP contribution in [0, 0.1) is 5.41 Å². The van der Waals surface area contributed by atoms with E-state index in [0.717, 1.165) is 12.0 Å². The average molecular weight is 406 g/mol. The highest BCUT2D eigenvalue weighted by Crippen LogP contribution is 2.09. The molecule has 1 aromatic carbocycles. The van der Waals surface area contributed by atoms with Crippen LogP contribution in [0.4, 0.5) is 4.79 Å². The molecule has 0 heterocycles. The maximum atomic E-state index is 12.8. The Balaban J connectivity index is 2.62. The number of carbonyl (C=O) groups excluding carboxylic acids is 2. The van der Waals surface area contributed by atoms with E-state index in [1.807, 2.05) is 37.3 Å². The summed E-state index contributed by atoms with van der Waals surface area (Å²) in [5, 5.41) is 15.5. The molecule has 8 nitrogen and oxygen atoms in total. The number of benzene rings is 1. The molecule has 1 rings (SSSR count). The first-order valence-electron chi connectivity index (χ1n) is 9.98. The van der Waals surface area contributed by atoms with Crippen molar-refractivity contribution >= 4 is 18.0 Å². The minimum Gasteiger partial charge on any atom is -0.444 e. The number of hydrogen-bond donors (Lipinski definition) is 5. The Labute approximate surface area is 173 Å². The fraction of sp³-hybridized carbons (Fsp3) is 0.571. The lowest BCUT2D eigenvalue weighted by molar-refractivity contribution is -0.124. The van der Waals surface area contributed by atoms with E-state index in [1.165, 1.54) is 0 Å². The van der Waals surface area contributed by atoms with Gasteiger partial charge in [-0.1, -0.05) is 30.3 Å². The Hall–Kier alpha value is -2.77. The van der Waals surface area contributed by atoms with Gasteiger partial charge in [0, 0.05) is 12.6 Å². The molecule has 0 aliphatic carbocycles. The molecule has 0 aromatic heterocycles. The highest BCUT2D eigenvalue weighted by molar-refractivity contribution is 5.85.